The van der Waals surface area contributed by atoms with E-state index < -0.39 is 0 Å². The molecule has 0 aliphatic heterocycles. The van der Waals surface area contributed by atoms with Crippen molar-refractivity contribution in [1.29, 1.82) is 0 Å². The largest absolute Gasteiger partial charge is 0.385 e. The lowest BCUT2D eigenvalue weighted by molar-refractivity contribution is 0.197. The van der Waals surface area contributed by atoms with Gasteiger partial charge in [0, 0.05) is 33.4 Å². The molecule has 4 nitrogen and oxygen atoms in total. The lowest BCUT2D eigenvalue weighted by Gasteiger charge is -2.11. The Morgan fingerprint density at radius 2 is 2.00 bits per heavy atom. The monoisotopic (exact) mass is 281 g/mol. The molecule has 1 aromatic carbocycles. The number of nitrogens with one attached hydrogen (secondary N) is 2. The number of ether oxygens (including phenoxy) is 1. The first-order valence-electron chi connectivity index (χ1n) is 7.01. The van der Waals surface area contributed by atoms with Crippen molar-refractivity contribution < 1.29 is 9.13 Å². The van der Waals surface area contributed by atoms with Crippen molar-refractivity contribution in [2.75, 3.05) is 33.4 Å². The van der Waals surface area contributed by atoms with Crippen LogP contribution in [0.1, 0.15) is 18.9 Å². The standard InChI is InChI=1S/C15H24FN3O/c1-3-17-15(18-10-4-12-20-2)19-11-9-13-5-7-14(16)8-6-13/h5-8H,3-4,9-12H2,1-2H3,(H2,17,18,19). The van der Waals surface area contributed by atoms with Crippen LogP contribution in [0.15, 0.2) is 29.3 Å². The fourth-order valence-electron chi connectivity index (χ4n) is 1.72. The van der Waals surface area contributed by atoms with Crippen LogP contribution in [0.4, 0.5) is 4.39 Å². The average molecular weight is 281 g/mol. The van der Waals surface area contributed by atoms with Gasteiger partial charge in [-0.05, 0) is 37.5 Å². The molecule has 0 fully saturated rings. The number of hydrogen-bond donors (Lipinski definition) is 2. The van der Waals surface area contributed by atoms with E-state index in [4.69, 9.17) is 4.74 Å². The molecule has 0 aliphatic rings. The van der Waals surface area contributed by atoms with E-state index in [1.807, 2.05) is 6.92 Å². The molecule has 0 bridgehead atoms. The van der Waals surface area contributed by atoms with Crippen LogP contribution >= 0.6 is 0 Å². The summed E-state index contributed by atoms with van der Waals surface area (Å²) in [6.07, 6.45) is 1.74. The van der Waals surface area contributed by atoms with E-state index in [1.54, 1.807) is 19.2 Å². The Hall–Kier alpha value is -1.62. The SMILES string of the molecule is CCNC(=NCCCOC)NCCc1ccc(F)cc1. The Morgan fingerprint density at radius 3 is 2.65 bits per heavy atom. The number of halogens is 1. The summed E-state index contributed by atoms with van der Waals surface area (Å²) in [7, 11) is 1.69. The Morgan fingerprint density at radius 1 is 1.25 bits per heavy atom. The molecule has 0 radical (unpaired) electrons. The second-order valence-electron chi connectivity index (χ2n) is 4.41. The fraction of sp³-hybridized carbons (Fsp3) is 0.533. The van der Waals surface area contributed by atoms with Crippen LogP contribution in [0.5, 0.6) is 0 Å². The number of hydrogen-bond acceptors (Lipinski definition) is 2. The summed E-state index contributed by atoms with van der Waals surface area (Å²) < 4.78 is 17.8. The third kappa shape index (κ3) is 7.09. The lowest BCUT2D eigenvalue weighted by atomic mass is 10.1. The molecule has 0 heterocycles. The number of benzene rings is 1. The smallest absolute Gasteiger partial charge is 0.191 e. The van der Waals surface area contributed by atoms with Crippen molar-refractivity contribution in [1.82, 2.24) is 10.6 Å². The average Bonchev–Trinajstić information content (AvgIpc) is 2.45. The molecule has 20 heavy (non-hydrogen) atoms. The minimum atomic E-state index is -0.199. The van der Waals surface area contributed by atoms with Crippen molar-refractivity contribution in [3.63, 3.8) is 0 Å². The summed E-state index contributed by atoms with van der Waals surface area (Å²) in [6, 6.07) is 6.58. The third-order valence-electron chi connectivity index (χ3n) is 2.74. The predicted octanol–water partition coefficient (Wildman–Crippen LogP) is 1.96. The number of aliphatic imine (C=N–C) groups is 1. The van der Waals surface area contributed by atoms with Crippen molar-refractivity contribution in [2.24, 2.45) is 4.99 Å². The number of nitrogens with zero attached hydrogens (tertiary/aromatic N) is 1. The van der Waals surface area contributed by atoms with Gasteiger partial charge < -0.3 is 15.4 Å². The minimum Gasteiger partial charge on any atom is -0.385 e. The first-order valence-corrected chi connectivity index (χ1v) is 7.01. The molecule has 5 heteroatoms. The van der Waals surface area contributed by atoms with E-state index in [0.29, 0.717) is 0 Å². The van der Waals surface area contributed by atoms with Gasteiger partial charge in [-0.15, -0.1) is 0 Å². The van der Waals surface area contributed by atoms with Crippen molar-refractivity contribution >= 4 is 5.96 Å². The lowest BCUT2D eigenvalue weighted by Crippen LogP contribution is -2.38. The molecule has 0 saturated carbocycles. The van der Waals surface area contributed by atoms with Crippen LogP contribution in [0.2, 0.25) is 0 Å². The Kier molecular flexibility index (Phi) is 8.38. The second kappa shape index (κ2) is 10.2. The van der Waals surface area contributed by atoms with Gasteiger partial charge in [0.2, 0.25) is 0 Å². The first-order chi connectivity index (χ1) is 9.76. The van der Waals surface area contributed by atoms with Crippen molar-refractivity contribution in [3.8, 4) is 0 Å². The highest BCUT2D eigenvalue weighted by molar-refractivity contribution is 5.79. The third-order valence-corrected chi connectivity index (χ3v) is 2.74. The minimum absolute atomic E-state index is 0.199. The zero-order chi connectivity index (χ0) is 14.6. The predicted molar refractivity (Wildman–Crippen MR) is 80.6 cm³/mol. The van der Waals surface area contributed by atoms with E-state index in [2.05, 4.69) is 15.6 Å². The molecule has 1 rings (SSSR count). The fourth-order valence-corrected chi connectivity index (χ4v) is 1.72. The highest BCUT2D eigenvalue weighted by atomic mass is 19.1. The number of methoxy groups -OCH3 is 1. The molecular weight excluding hydrogens is 257 g/mol. The second-order valence-corrected chi connectivity index (χ2v) is 4.41. The summed E-state index contributed by atoms with van der Waals surface area (Å²) >= 11 is 0. The summed E-state index contributed by atoms with van der Waals surface area (Å²) in [5.41, 5.74) is 1.11. The van der Waals surface area contributed by atoms with E-state index in [1.165, 1.54) is 12.1 Å². The maximum atomic E-state index is 12.8. The van der Waals surface area contributed by atoms with Gasteiger partial charge in [0.15, 0.2) is 5.96 Å². The summed E-state index contributed by atoms with van der Waals surface area (Å²) in [5, 5.41) is 6.46. The summed E-state index contributed by atoms with van der Waals surface area (Å²) in [4.78, 5) is 4.45. The molecule has 2 N–H and O–H groups in total. The van der Waals surface area contributed by atoms with Crippen LogP contribution in [0, 0.1) is 5.82 Å². The molecule has 0 aromatic heterocycles. The van der Waals surface area contributed by atoms with Gasteiger partial charge in [-0.1, -0.05) is 12.1 Å². The maximum absolute atomic E-state index is 12.8. The number of guanidine groups is 1. The van der Waals surface area contributed by atoms with Gasteiger partial charge in [-0.2, -0.15) is 0 Å². The maximum Gasteiger partial charge on any atom is 0.191 e. The molecule has 0 spiro atoms. The van der Waals surface area contributed by atoms with Crippen molar-refractivity contribution in [2.45, 2.75) is 19.8 Å². The Bertz CT molecular complexity index is 393. The van der Waals surface area contributed by atoms with Crippen molar-refractivity contribution in [3.05, 3.63) is 35.6 Å². The molecular formula is C15H24FN3O. The highest BCUT2D eigenvalue weighted by Crippen LogP contribution is 2.02. The molecule has 1 aromatic rings. The molecule has 0 aliphatic carbocycles. The van der Waals surface area contributed by atoms with E-state index >= 15 is 0 Å². The van der Waals surface area contributed by atoms with Crippen LogP contribution in [0.25, 0.3) is 0 Å². The van der Waals surface area contributed by atoms with Gasteiger partial charge in [-0.25, -0.2) is 4.39 Å². The van der Waals surface area contributed by atoms with Gasteiger partial charge >= 0.3 is 0 Å². The van der Waals surface area contributed by atoms with Gasteiger partial charge in [0.25, 0.3) is 0 Å². The van der Waals surface area contributed by atoms with E-state index in [9.17, 15) is 4.39 Å². The topological polar surface area (TPSA) is 45.7 Å². The Balaban J connectivity index is 2.32. The zero-order valence-corrected chi connectivity index (χ0v) is 12.3. The van der Waals surface area contributed by atoms with Crippen LogP contribution < -0.4 is 10.6 Å². The summed E-state index contributed by atoms with van der Waals surface area (Å²) in [5.74, 6) is 0.612. The van der Waals surface area contributed by atoms with Gasteiger partial charge in [0.05, 0.1) is 0 Å². The molecule has 0 unspecified atom stereocenters. The first kappa shape index (κ1) is 16.4. The molecule has 0 atom stereocenters. The Labute approximate surface area is 120 Å². The molecule has 0 saturated heterocycles. The quantitative estimate of drug-likeness (QED) is 0.435. The summed E-state index contributed by atoms with van der Waals surface area (Å²) in [6.45, 7) is 5.08. The number of rotatable bonds is 8. The van der Waals surface area contributed by atoms with E-state index in [0.717, 1.165) is 50.6 Å². The van der Waals surface area contributed by atoms with Crippen LogP contribution in [-0.4, -0.2) is 39.3 Å². The molecule has 0 amide bonds. The normalized spacial score (nSPS) is 11.4. The zero-order valence-electron chi connectivity index (χ0n) is 12.3. The highest BCUT2D eigenvalue weighted by Gasteiger charge is 1.98. The van der Waals surface area contributed by atoms with Crippen LogP contribution in [0.3, 0.4) is 0 Å². The van der Waals surface area contributed by atoms with Crippen LogP contribution in [-0.2, 0) is 11.2 Å². The van der Waals surface area contributed by atoms with Gasteiger partial charge in [0.1, 0.15) is 5.82 Å². The molecule has 112 valence electrons. The van der Waals surface area contributed by atoms with E-state index in [-0.39, 0.29) is 5.82 Å². The van der Waals surface area contributed by atoms with Gasteiger partial charge in [-0.3, -0.25) is 4.99 Å².